The van der Waals surface area contributed by atoms with E-state index in [2.05, 4.69) is 17.6 Å². The molecule has 92 valence electrons. The number of ether oxygens (including phenoxy) is 1. The molecule has 2 N–H and O–H groups in total. The zero-order chi connectivity index (χ0) is 11.4. The lowest BCUT2D eigenvalue weighted by molar-refractivity contribution is -0.122. The second kappa shape index (κ2) is 5.64. The average molecular weight is 226 g/mol. The van der Waals surface area contributed by atoms with Crippen molar-refractivity contribution < 1.29 is 9.53 Å². The maximum absolute atomic E-state index is 11.7. The van der Waals surface area contributed by atoms with Crippen molar-refractivity contribution in [3.05, 3.63) is 0 Å². The van der Waals surface area contributed by atoms with E-state index < -0.39 is 0 Å². The predicted molar refractivity (Wildman–Crippen MR) is 62.2 cm³/mol. The highest BCUT2D eigenvalue weighted by Crippen LogP contribution is 2.34. The van der Waals surface area contributed by atoms with E-state index in [1.54, 1.807) is 0 Å². The van der Waals surface area contributed by atoms with Gasteiger partial charge in [0.1, 0.15) is 0 Å². The number of nitrogens with one attached hydrogen (secondary N) is 2. The molecule has 0 aromatic heterocycles. The van der Waals surface area contributed by atoms with E-state index in [4.69, 9.17) is 4.74 Å². The van der Waals surface area contributed by atoms with Crippen LogP contribution in [0.4, 0.5) is 0 Å². The quantitative estimate of drug-likeness (QED) is 0.724. The lowest BCUT2D eigenvalue weighted by Gasteiger charge is -2.23. The molecule has 3 unspecified atom stereocenters. The van der Waals surface area contributed by atoms with Crippen LogP contribution < -0.4 is 10.6 Å². The molecule has 0 aromatic rings. The molecule has 4 heteroatoms. The predicted octanol–water partition coefficient (Wildman–Crippen LogP) is 0.670. The van der Waals surface area contributed by atoms with E-state index in [1.165, 1.54) is 19.3 Å². The van der Waals surface area contributed by atoms with E-state index >= 15 is 0 Å². The van der Waals surface area contributed by atoms with Gasteiger partial charge in [0.25, 0.3) is 0 Å². The molecule has 0 radical (unpaired) electrons. The maximum Gasteiger partial charge on any atom is 0.221 e. The highest BCUT2D eigenvalue weighted by Gasteiger charge is 2.37. The summed E-state index contributed by atoms with van der Waals surface area (Å²) < 4.78 is 5.32. The number of carbonyl (C=O) groups is 1. The molecule has 0 aromatic carbocycles. The van der Waals surface area contributed by atoms with Gasteiger partial charge in [0.05, 0.1) is 13.2 Å². The Labute approximate surface area is 97.1 Å². The lowest BCUT2D eigenvalue weighted by Crippen LogP contribution is -2.44. The Morgan fingerprint density at radius 2 is 2.44 bits per heavy atom. The minimum atomic E-state index is 0.173. The average Bonchev–Trinajstić information content (AvgIpc) is 2.98. The Morgan fingerprint density at radius 1 is 1.56 bits per heavy atom. The summed E-state index contributed by atoms with van der Waals surface area (Å²) in [5.41, 5.74) is 0. The molecular formula is C12H22N2O2. The Hall–Kier alpha value is -0.610. The molecule has 0 spiro atoms. The van der Waals surface area contributed by atoms with Crippen molar-refractivity contribution >= 4 is 5.91 Å². The second-order valence-electron chi connectivity index (χ2n) is 4.89. The van der Waals surface area contributed by atoms with Crippen molar-refractivity contribution in [1.29, 1.82) is 0 Å². The lowest BCUT2D eigenvalue weighted by atomic mass is 10.2. The van der Waals surface area contributed by atoms with Crippen LogP contribution >= 0.6 is 0 Å². The number of rotatable bonds is 5. The summed E-state index contributed by atoms with van der Waals surface area (Å²) in [4.78, 5) is 11.7. The summed E-state index contributed by atoms with van der Waals surface area (Å²) in [6, 6.07) is 0.661. The van der Waals surface area contributed by atoms with Crippen molar-refractivity contribution in [2.45, 2.75) is 44.7 Å². The summed E-state index contributed by atoms with van der Waals surface area (Å²) in [6.07, 6.45) is 4.19. The van der Waals surface area contributed by atoms with Crippen LogP contribution in [0.5, 0.6) is 0 Å². The largest absolute Gasteiger partial charge is 0.378 e. The van der Waals surface area contributed by atoms with Gasteiger partial charge >= 0.3 is 0 Å². The molecule has 2 rings (SSSR count). The van der Waals surface area contributed by atoms with Crippen LogP contribution in [0.25, 0.3) is 0 Å². The van der Waals surface area contributed by atoms with Crippen molar-refractivity contribution in [3.8, 4) is 0 Å². The third-order valence-electron chi connectivity index (χ3n) is 3.36. The monoisotopic (exact) mass is 226 g/mol. The third kappa shape index (κ3) is 3.46. The summed E-state index contributed by atoms with van der Waals surface area (Å²) in [5.74, 6) is 0.913. The van der Waals surface area contributed by atoms with E-state index in [9.17, 15) is 4.79 Å². The first kappa shape index (κ1) is 11.9. The smallest absolute Gasteiger partial charge is 0.221 e. The van der Waals surface area contributed by atoms with Gasteiger partial charge in [-0.15, -0.1) is 0 Å². The van der Waals surface area contributed by atoms with Crippen molar-refractivity contribution in [2.24, 2.45) is 5.92 Å². The highest BCUT2D eigenvalue weighted by molar-refractivity contribution is 5.77. The summed E-state index contributed by atoms with van der Waals surface area (Å²) >= 11 is 0. The zero-order valence-corrected chi connectivity index (χ0v) is 10.00. The van der Waals surface area contributed by atoms with Gasteiger partial charge in [0.15, 0.2) is 0 Å². The Kier molecular flexibility index (Phi) is 4.18. The van der Waals surface area contributed by atoms with Crippen LogP contribution in [-0.2, 0) is 9.53 Å². The van der Waals surface area contributed by atoms with Gasteiger partial charge in [0, 0.05) is 25.0 Å². The molecule has 2 aliphatic rings. The Balaban J connectivity index is 1.61. The molecule has 4 nitrogen and oxygen atoms in total. The molecule has 1 aliphatic carbocycles. The van der Waals surface area contributed by atoms with Gasteiger partial charge in [-0.25, -0.2) is 0 Å². The van der Waals surface area contributed by atoms with Crippen LogP contribution in [-0.4, -0.2) is 37.7 Å². The molecule has 1 aliphatic heterocycles. The van der Waals surface area contributed by atoms with Crippen molar-refractivity contribution in [3.63, 3.8) is 0 Å². The second-order valence-corrected chi connectivity index (χ2v) is 4.89. The summed E-state index contributed by atoms with van der Waals surface area (Å²) in [6.45, 7) is 4.48. The fraction of sp³-hybridized carbons (Fsp3) is 0.917. The SMILES string of the molecule is CCCC1CC1NC(=O)CC1COCCN1. The fourth-order valence-electron chi connectivity index (χ4n) is 2.35. The Bertz CT molecular complexity index is 239. The number of hydrogen-bond donors (Lipinski definition) is 2. The van der Waals surface area contributed by atoms with Gasteiger partial charge < -0.3 is 15.4 Å². The first-order chi connectivity index (χ1) is 7.79. The number of hydrogen-bond acceptors (Lipinski definition) is 3. The van der Waals surface area contributed by atoms with E-state index in [1.807, 2.05) is 0 Å². The van der Waals surface area contributed by atoms with Gasteiger partial charge in [0.2, 0.25) is 5.91 Å². The molecule has 1 saturated heterocycles. The van der Waals surface area contributed by atoms with E-state index in [-0.39, 0.29) is 11.9 Å². The molecule has 16 heavy (non-hydrogen) atoms. The van der Waals surface area contributed by atoms with E-state index in [0.717, 1.165) is 19.1 Å². The topological polar surface area (TPSA) is 50.4 Å². The first-order valence-corrected chi connectivity index (χ1v) is 6.40. The number of amides is 1. The Morgan fingerprint density at radius 3 is 3.12 bits per heavy atom. The van der Waals surface area contributed by atoms with Crippen LogP contribution in [0, 0.1) is 5.92 Å². The minimum Gasteiger partial charge on any atom is -0.378 e. The first-order valence-electron chi connectivity index (χ1n) is 6.40. The van der Waals surface area contributed by atoms with Gasteiger partial charge in [-0.3, -0.25) is 4.79 Å². The standard InChI is InChI=1S/C12H22N2O2/c1-2-3-9-6-11(9)14-12(15)7-10-8-16-5-4-13-10/h9-11,13H,2-8H2,1H3,(H,14,15). The highest BCUT2D eigenvalue weighted by atomic mass is 16.5. The summed E-state index contributed by atoms with van der Waals surface area (Å²) in [5, 5.41) is 6.40. The zero-order valence-electron chi connectivity index (χ0n) is 10.00. The fourth-order valence-corrected chi connectivity index (χ4v) is 2.35. The van der Waals surface area contributed by atoms with Crippen LogP contribution in [0.2, 0.25) is 0 Å². The van der Waals surface area contributed by atoms with Gasteiger partial charge in [-0.2, -0.15) is 0 Å². The van der Waals surface area contributed by atoms with Crippen LogP contribution in [0.15, 0.2) is 0 Å². The third-order valence-corrected chi connectivity index (χ3v) is 3.36. The van der Waals surface area contributed by atoms with E-state index in [0.29, 0.717) is 19.1 Å². The van der Waals surface area contributed by atoms with Gasteiger partial charge in [-0.05, 0) is 18.8 Å². The maximum atomic E-state index is 11.7. The number of morpholine rings is 1. The molecule has 1 amide bonds. The molecule has 2 fully saturated rings. The molecule has 1 heterocycles. The molecule has 0 bridgehead atoms. The van der Waals surface area contributed by atoms with Crippen LogP contribution in [0.1, 0.15) is 32.6 Å². The normalized spacial score (nSPS) is 33.4. The number of carbonyl (C=O) groups excluding carboxylic acids is 1. The van der Waals surface area contributed by atoms with Crippen molar-refractivity contribution in [1.82, 2.24) is 10.6 Å². The van der Waals surface area contributed by atoms with Crippen LogP contribution in [0.3, 0.4) is 0 Å². The minimum absolute atomic E-state index is 0.173. The molecular weight excluding hydrogens is 204 g/mol. The molecule has 3 atom stereocenters. The molecule has 1 saturated carbocycles. The van der Waals surface area contributed by atoms with Gasteiger partial charge in [-0.1, -0.05) is 13.3 Å². The van der Waals surface area contributed by atoms with Crippen molar-refractivity contribution in [2.75, 3.05) is 19.8 Å². The summed E-state index contributed by atoms with van der Waals surface area (Å²) in [7, 11) is 0.